The van der Waals surface area contributed by atoms with Crippen LogP contribution in [0.4, 0.5) is 0 Å². The Labute approximate surface area is 187 Å². The Bertz CT molecular complexity index is 624. The van der Waals surface area contributed by atoms with Gasteiger partial charge in [0.1, 0.15) is 67.1 Å². The predicted molar refractivity (Wildman–Crippen MR) is 99.8 cm³/mol. The Hall–Kier alpha value is -0.600. The zero-order valence-electron chi connectivity index (χ0n) is 17.6. The van der Waals surface area contributed by atoms with Crippen molar-refractivity contribution < 1.29 is 74.7 Å². The van der Waals surface area contributed by atoms with E-state index in [1.54, 1.807) is 0 Å². The van der Waals surface area contributed by atoms with Gasteiger partial charge in [0.2, 0.25) is 0 Å². The highest BCUT2D eigenvalue weighted by Gasteiger charge is 2.53. The molecule has 3 rings (SSSR count). The van der Waals surface area contributed by atoms with Crippen LogP contribution < -0.4 is 0 Å². The SMILES string of the molecule is C[C@@H]1O[C@@H](O[C@@H]2[C@@H](O[C@H]3O[C@H](CO)[C@@H](O)[C@H](O)[C@H]3O)[C@@H](O)[C@@H](CO)O[C@H]2O)[C@@H](O)[C@H](O)[C@@H]1O. The van der Waals surface area contributed by atoms with E-state index in [2.05, 4.69) is 0 Å². The highest BCUT2D eigenvalue weighted by atomic mass is 16.8. The summed E-state index contributed by atoms with van der Waals surface area (Å²) in [6.07, 6.45) is -24.1. The first-order chi connectivity index (χ1) is 15.5. The lowest BCUT2D eigenvalue weighted by molar-refractivity contribution is -0.386. The first-order valence-corrected chi connectivity index (χ1v) is 10.4. The molecule has 3 fully saturated rings. The molecule has 33 heavy (non-hydrogen) atoms. The molecule has 194 valence electrons. The topological polar surface area (TPSA) is 248 Å². The Morgan fingerprint density at radius 3 is 1.61 bits per heavy atom. The van der Waals surface area contributed by atoms with Gasteiger partial charge in [0.15, 0.2) is 18.9 Å². The summed E-state index contributed by atoms with van der Waals surface area (Å²) < 4.78 is 26.7. The maximum absolute atomic E-state index is 10.6. The normalized spacial score (nSPS) is 53.7. The van der Waals surface area contributed by atoms with Crippen molar-refractivity contribution in [2.75, 3.05) is 13.2 Å². The fourth-order valence-electron chi connectivity index (χ4n) is 3.97. The highest BCUT2D eigenvalue weighted by molar-refractivity contribution is 4.96. The van der Waals surface area contributed by atoms with E-state index >= 15 is 0 Å². The van der Waals surface area contributed by atoms with Gasteiger partial charge < -0.3 is 74.7 Å². The lowest BCUT2D eigenvalue weighted by atomic mass is 9.96. The number of aliphatic hydroxyl groups is 10. The lowest BCUT2D eigenvalue weighted by Gasteiger charge is -2.48. The van der Waals surface area contributed by atoms with Gasteiger partial charge in [0, 0.05) is 0 Å². The molecule has 0 radical (unpaired) electrons. The van der Waals surface area contributed by atoms with Gasteiger partial charge in [-0.15, -0.1) is 0 Å². The maximum Gasteiger partial charge on any atom is 0.187 e. The van der Waals surface area contributed by atoms with Gasteiger partial charge in [0.05, 0.1) is 19.3 Å². The minimum absolute atomic E-state index is 0.747. The van der Waals surface area contributed by atoms with Crippen molar-refractivity contribution in [3.63, 3.8) is 0 Å². The Morgan fingerprint density at radius 2 is 1.03 bits per heavy atom. The van der Waals surface area contributed by atoms with Crippen molar-refractivity contribution >= 4 is 0 Å². The maximum atomic E-state index is 10.6. The van der Waals surface area contributed by atoms with E-state index in [1.165, 1.54) is 6.92 Å². The number of hydrogen-bond donors (Lipinski definition) is 10. The van der Waals surface area contributed by atoms with Gasteiger partial charge in [0.25, 0.3) is 0 Å². The third kappa shape index (κ3) is 5.32. The molecule has 0 spiro atoms. The second kappa shape index (κ2) is 11.0. The van der Waals surface area contributed by atoms with E-state index in [0.29, 0.717) is 0 Å². The van der Waals surface area contributed by atoms with Crippen LogP contribution in [0.1, 0.15) is 6.92 Å². The van der Waals surface area contributed by atoms with Gasteiger partial charge >= 0.3 is 0 Å². The zero-order chi connectivity index (χ0) is 24.6. The van der Waals surface area contributed by atoms with E-state index in [0.717, 1.165) is 0 Å². The average molecular weight is 488 g/mol. The molecule has 0 bridgehead atoms. The average Bonchev–Trinajstić information content (AvgIpc) is 2.79. The van der Waals surface area contributed by atoms with Crippen molar-refractivity contribution in [3.8, 4) is 0 Å². The molecule has 0 unspecified atom stereocenters. The fourth-order valence-corrected chi connectivity index (χ4v) is 3.97. The number of hydrogen-bond acceptors (Lipinski definition) is 15. The van der Waals surface area contributed by atoms with Crippen molar-refractivity contribution in [2.24, 2.45) is 0 Å². The smallest absolute Gasteiger partial charge is 0.187 e. The van der Waals surface area contributed by atoms with E-state index < -0.39 is 105 Å². The predicted octanol–water partition coefficient (Wildman–Crippen LogP) is -6.55. The summed E-state index contributed by atoms with van der Waals surface area (Å²) in [5.41, 5.74) is 0. The minimum Gasteiger partial charge on any atom is -0.394 e. The molecule has 0 aromatic rings. The molecular weight excluding hydrogens is 456 g/mol. The van der Waals surface area contributed by atoms with E-state index in [4.69, 9.17) is 23.7 Å². The Kier molecular flexibility index (Phi) is 8.99. The van der Waals surface area contributed by atoms with Gasteiger partial charge in [-0.2, -0.15) is 0 Å². The summed E-state index contributed by atoms with van der Waals surface area (Å²) in [5.74, 6) is 0. The molecule has 0 saturated carbocycles. The van der Waals surface area contributed by atoms with Crippen LogP contribution in [-0.4, -0.2) is 156 Å². The Balaban J connectivity index is 1.82. The summed E-state index contributed by atoms with van der Waals surface area (Å²) in [7, 11) is 0. The zero-order valence-corrected chi connectivity index (χ0v) is 17.6. The van der Waals surface area contributed by atoms with Crippen LogP contribution in [-0.2, 0) is 23.7 Å². The first kappa shape index (κ1) is 27.0. The van der Waals surface area contributed by atoms with Gasteiger partial charge in [-0.1, -0.05) is 0 Å². The van der Waals surface area contributed by atoms with Crippen LogP contribution in [0, 0.1) is 0 Å². The molecule has 3 heterocycles. The molecule has 3 aliphatic heterocycles. The summed E-state index contributed by atoms with van der Waals surface area (Å²) in [6.45, 7) is -0.115. The van der Waals surface area contributed by atoms with Crippen LogP contribution in [0.5, 0.6) is 0 Å². The summed E-state index contributed by atoms with van der Waals surface area (Å²) in [4.78, 5) is 0. The molecule has 15 heteroatoms. The van der Waals surface area contributed by atoms with Crippen LogP contribution >= 0.6 is 0 Å². The quantitative estimate of drug-likeness (QED) is 0.167. The third-order valence-corrected chi connectivity index (χ3v) is 6.06. The van der Waals surface area contributed by atoms with Crippen molar-refractivity contribution in [2.45, 2.75) is 99.0 Å². The molecule has 15 atom stereocenters. The molecule has 3 aliphatic rings. The lowest BCUT2D eigenvalue weighted by Crippen LogP contribution is -2.66. The van der Waals surface area contributed by atoms with E-state index in [1.807, 2.05) is 0 Å². The Morgan fingerprint density at radius 1 is 0.545 bits per heavy atom. The molecule has 0 aromatic heterocycles. The van der Waals surface area contributed by atoms with Crippen LogP contribution in [0.15, 0.2) is 0 Å². The largest absolute Gasteiger partial charge is 0.394 e. The molecule has 15 nitrogen and oxygen atoms in total. The van der Waals surface area contributed by atoms with Crippen LogP contribution in [0.3, 0.4) is 0 Å². The number of ether oxygens (including phenoxy) is 5. The molecular formula is C18H32O15. The van der Waals surface area contributed by atoms with Crippen molar-refractivity contribution in [1.29, 1.82) is 0 Å². The first-order valence-electron chi connectivity index (χ1n) is 10.4. The van der Waals surface area contributed by atoms with E-state index in [-0.39, 0.29) is 0 Å². The molecule has 0 aromatic carbocycles. The van der Waals surface area contributed by atoms with E-state index in [9.17, 15) is 51.1 Å². The molecule has 0 amide bonds. The minimum atomic E-state index is -1.88. The highest BCUT2D eigenvalue weighted by Crippen LogP contribution is 2.32. The van der Waals surface area contributed by atoms with Gasteiger partial charge in [-0.3, -0.25) is 0 Å². The summed E-state index contributed by atoms with van der Waals surface area (Å²) in [5, 5.41) is 100.0. The second-order valence-corrected chi connectivity index (χ2v) is 8.32. The fraction of sp³-hybridized carbons (Fsp3) is 1.00. The summed E-state index contributed by atoms with van der Waals surface area (Å²) >= 11 is 0. The van der Waals surface area contributed by atoms with Crippen LogP contribution in [0.2, 0.25) is 0 Å². The molecule has 0 aliphatic carbocycles. The molecule has 10 N–H and O–H groups in total. The summed E-state index contributed by atoms with van der Waals surface area (Å²) in [6, 6.07) is 0. The van der Waals surface area contributed by atoms with Crippen molar-refractivity contribution in [1.82, 2.24) is 0 Å². The standard InChI is InChI=1S/C18H32O15/c1-4-7(21)10(24)12(26)17(29-4)33-15-14(9(23)6(3-20)30-16(15)28)32-18-13(27)11(25)8(22)5(2-19)31-18/h4-28H,2-3H2,1H3/t4-,5+,6+,7+,8+,9-,10+,11-,12-,13+,14-,15+,16+,17-,18+/m0/s1. The number of aliphatic hydroxyl groups excluding tert-OH is 10. The monoisotopic (exact) mass is 488 g/mol. The van der Waals surface area contributed by atoms with Crippen LogP contribution in [0.25, 0.3) is 0 Å². The van der Waals surface area contributed by atoms with Gasteiger partial charge in [-0.05, 0) is 6.92 Å². The second-order valence-electron chi connectivity index (χ2n) is 8.32. The van der Waals surface area contributed by atoms with Crippen molar-refractivity contribution in [3.05, 3.63) is 0 Å². The number of rotatable bonds is 6. The van der Waals surface area contributed by atoms with Gasteiger partial charge in [-0.25, -0.2) is 0 Å². The molecule has 3 saturated heterocycles. The third-order valence-electron chi connectivity index (χ3n) is 6.06.